The highest BCUT2D eigenvalue weighted by Crippen LogP contribution is 2.21. The molecule has 1 N–H and O–H groups in total. The molecule has 0 radical (unpaired) electrons. The van der Waals surface area contributed by atoms with Gasteiger partial charge in [0.1, 0.15) is 6.10 Å². The van der Waals surface area contributed by atoms with Gasteiger partial charge in [-0.15, -0.1) is 0 Å². The first-order valence-corrected chi connectivity index (χ1v) is 9.44. The molecule has 2 aliphatic rings. The van der Waals surface area contributed by atoms with Crippen molar-refractivity contribution in [2.75, 3.05) is 52.9 Å². The second kappa shape index (κ2) is 8.67. The number of likely N-dealkylation sites (tertiary alicyclic amines) is 1. The van der Waals surface area contributed by atoms with Crippen molar-refractivity contribution in [1.82, 2.24) is 24.9 Å². The molecule has 2 saturated heterocycles. The molecule has 2 fully saturated rings. The first-order valence-electron chi connectivity index (χ1n) is 9.44. The van der Waals surface area contributed by atoms with E-state index in [-0.39, 0.29) is 6.10 Å². The van der Waals surface area contributed by atoms with Crippen molar-refractivity contribution < 1.29 is 4.74 Å². The van der Waals surface area contributed by atoms with Crippen LogP contribution in [0.5, 0.6) is 0 Å². The van der Waals surface area contributed by atoms with Crippen molar-refractivity contribution in [2.45, 2.75) is 25.9 Å². The quantitative estimate of drug-likeness (QED) is 0.652. The number of piperidine rings is 1. The monoisotopic (exact) mass is 348 g/mol. The van der Waals surface area contributed by atoms with E-state index >= 15 is 0 Å². The Kier molecular flexibility index (Phi) is 6.31. The molecule has 1 unspecified atom stereocenters. The highest BCUT2D eigenvalue weighted by molar-refractivity contribution is 5.80. The van der Waals surface area contributed by atoms with Crippen LogP contribution in [-0.2, 0) is 11.8 Å². The summed E-state index contributed by atoms with van der Waals surface area (Å²) >= 11 is 0. The number of aliphatic imine (C=N–C) groups is 1. The maximum atomic E-state index is 5.93. The maximum Gasteiger partial charge on any atom is 0.193 e. The average Bonchev–Trinajstić information content (AvgIpc) is 3.07. The van der Waals surface area contributed by atoms with Crippen LogP contribution >= 0.6 is 0 Å². The number of nitrogens with one attached hydrogen (secondary N) is 1. The van der Waals surface area contributed by atoms with E-state index in [0.29, 0.717) is 6.61 Å². The number of ether oxygens (including phenoxy) is 1. The van der Waals surface area contributed by atoms with Crippen LogP contribution in [0, 0.1) is 5.92 Å². The maximum absolute atomic E-state index is 5.93. The minimum Gasteiger partial charge on any atom is -0.370 e. The lowest BCUT2D eigenvalue weighted by atomic mass is 9.99. The molecule has 7 nitrogen and oxygen atoms in total. The van der Waals surface area contributed by atoms with E-state index in [2.05, 4.69) is 32.1 Å². The fourth-order valence-electron chi connectivity index (χ4n) is 3.59. The van der Waals surface area contributed by atoms with Gasteiger partial charge >= 0.3 is 0 Å². The molecule has 0 bridgehead atoms. The van der Waals surface area contributed by atoms with Crippen LogP contribution in [0.1, 0.15) is 31.4 Å². The molecule has 0 amide bonds. The second-order valence-electron chi connectivity index (χ2n) is 7.25. The zero-order chi connectivity index (χ0) is 17.6. The third-order valence-corrected chi connectivity index (χ3v) is 5.26. The molecule has 0 aliphatic carbocycles. The van der Waals surface area contributed by atoms with Gasteiger partial charge in [-0.3, -0.25) is 9.67 Å². The van der Waals surface area contributed by atoms with E-state index in [4.69, 9.17) is 4.74 Å². The van der Waals surface area contributed by atoms with Crippen LogP contribution in [0.3, 0.4) is 0 Å². The first-order chi connectivity index (χ1) is 12.2. The normalized spacial score (nSPS) is 23.9. The molecule has 3 rings (SSSR count). The number of aryl methyl sites for hydroxylation is 1. The van der Waals surface area contributed by atoms with Gasteiger partial charge in [-0.05, 0) is 31.8 Å². The van der Waals surface area contributed by atoms with Crippen molar-refractivity contribution in [3.8, 4) is 0 Å². The Morgan fingerprint density at radius 2 is 2.16 bits per heavy atom. The number of guanidine groups is 1. The summed E-state index contributed by atoms with van der Waals surface area (Å²) in [6.07, 6.45) is 6.63. The van der Waals surface area contributed by atoms with E-state index in [0.717, 1.165) is 43.6 Å². The van der Waals surface area contributed by atoms with E-state index in [1.54, 1.807) is 0 Å². The predicted molar refractivity (Wildman–Crippen MR) is 99.7 cm³/mol. The lowest BCUT2D eigenvalue weighted by Gasteiger charge is -2.35. The fourth-order valence-corrected chi connectivity index (χ4v) is 3.59. The molecule has 0 aromatic carbocycles. The summed E-state index contributed by atoms with van der Waals surface area (Å²) in [5.41, 5.74) is 1.13. The van der Waals surface area contributed by atoms with Crippen LogP contribution in [0.25, 0.3) is 0 Å². The van der Waals surface area contributed by atoms with Crippen LogP contribution in [0.15, 0.2) is 17.4 Å². The van der Waals surface area contributed by atoms with E-state index < -0.39 is 0 Å². The number of hydrogen-bond acceptors (Lipinski definition) is 4. The number of rotatable bonds is 4. The van der Waals surface area contributed by atoms with E-state index in [1.165, 1.54) is 25.9 Å². The summed E-state index contributed by atoms with van der Waals surface area (Å²) in [6.45, 7) is 9.23. The van der Waals surface area contributed by atoms with Gasteiger partial charge in [-0.25, -0.2) is 0 Å². The Balaban J connectivity index is 1.47. The summed E-state index contributed by atoms with van der Waals surface area (Å²) < 4.78 is 7.75. The molecule has 0 spiro atoms. The molecule has 1 aromatic heterocycles. The topological polar surface area (TPSA) is 57.9 Å². The summed E-state index contributed by atoms with van der Waals surface area (Å²) in [5.74, 6) is 1.86. The van der Waals surface area contributed by atoms with Crippen LogP contribution in [0.4, 0.5) is 0 Å². The molecular weight excluding hydrogens is 316 g/mol. The molecule has 7 heteroatoms. The molecule has 25 heavy (non-hydrogen) atoms. The van der Waals surface area contributed by atoms with Gasteiger partial charge in [0.2, 0.25) is 0 Å². The van der Waals surface area contributed by atoms with E-state index in [1.807, 2.05) is 31.2 Å². The minimum absolute atomic E-state index is 0.0598. The number of aromatic nitrogens is 2. The van der Waals surface area contributed by atoms with Crippen LogP contribution in [0.2, 0.25) is 0 Å². The molecule has 140 valence electrons. The molecule has 3 heterocycles. The minimum atomic E-state index is 0.0598. The third kappa shape index (κ3) is 4.95. The fraction of sp³-hybridized carbons (Fsp3) is 0.778. The van der Waals surface area contributed by atoms with Crippen LogP contribution in [-0.4, -0.2) is 78.5 Å². The summed E-state index contributed by atoms with van der Waals surface area (Å²) in [4.78, 5) is 9.32. The molecular formula is C18H32N6O. The molecule has 2 aliphatic heterocycles. The predicted octanol–water partition coefficient (Wildman–Crippen LogP) is 1.10. The second-order valence-corrected chi connectivity index (χ2v) is 7.25. The Morgan fingerprint density at radius 3 is 2.84 bits per heavy atom. The lowest BCUT2D eigenvalue weighted by molar-refractivity contribution is -0.00806. The van der Waals surface area contributed by atoms with Gasteiger partial charge in [0, 0.05) is 45.5 Å². The van der Waals surface area contributed by atoms with E-state index in [9.17, 15) is 0 Å². The summed E-state index contributed by atoms with van der Waals surface area (Å²) in [6, 6.07) is 0. The smallest absolute Gasteiger partial charge is 0.193 e. The third-order valence-electron chi connectivity index (χ3n) is 5.26. The van der Waals surface area contributed by atoms with Crippen molar-refractivity contribution in [1.29, 1.82) is 0 Å². The largest absolute Gasteiger partial charge is 0.370 e. The van der Waals surface area contributed by atoms with Crippen LogP contribution < -0.4 is 5.32 Å². The van der Waals surface area contributed by atoms with Crippen molar-refractivity contribution >= 4 is 5.96 Å². The Bertz CT molecular complexity index is 564. The first kappa shape index (κ1) is 18.2. The summed E-state index contributed by atoms with van der Waals surface area (Å²) in [7, 11) is 3.80. The molecule has 1 atom stereocenters. The highest BCUT2D eigenvalue weighted by atomic mass is 16.5. The van der Waals surface area contributed by atoms with Gasteiger partial charge < -0.3 is 19.9 Å². The average molecular weight is 348 g/mol. The summed E-state index contributed by atoms with van der Waals surface area (Å²) in [5, 5.41) is 7.79. The zero-order valence-corrected chi connectivity index (χ0v) is 15.8. The van der Waals surface area contributed by atoms with Gasteiger partial charge in [0.05, 0.1) is 19.3 Å². The Labute approximate surface area is 151 Å². The Hall–Kier alpha value is -1.60. The number of morpholine rings is 1. The number of hydrogen-bond donors (Lipinski definition) is 1. The molecule has 0 saturated carbocycles. The zero-order valence-electron chi connectivity index (χ0n) is 15.8. The SMILES string of the molecule is CN=C(NCCN1CCC(C)CC1)N1CCOC(c2cnn(C)c2)C1. The van der Waals surface area contributed by atoms with Crippen molar-refractivity contribution in [2.24, 2.45) is 18.0 Å². The molecule has 1 aromatic rings. The Morgan fingerprint density at radius 1 is 1.36 bits per heavy atom. The van der Waals surface area contributed by atoms with Gasteiger partial charge in [-0.2, -0.15) is 5.10 Å². The van der Waals surface area contributed by atoms with Gasteiger partial charge in [0.25, 0.3) is 0 Å². The highest BCUT2D eigenvalue weighted by Gasteiger charge is 2.25. The number of nitrogens with zero attached hydrogens (tertiary/aromatic N) is 5. The van der Waals surface area contributed by atoms with Crippen molar-refractivity contribution in [3.63, 3.8) is 0 Å². The van der Waals surface area contributed by atoms with Gasteiger partial charge in [-0.1, -0.05) is 6.92 Å². The van der Waals surface area contributed by atoms with Gasteiger partial charge in [0.15, 0.2) is 5.96 Å². The standard InChI is InChI=1S/C18H32N6O/c1-15-4-7-23(8-5-15)9-6-20-18(19-2)24-10-11-25-17(14-24)16-12-21-22(3)13-16/h12-13,15,17H,4-11,14H2,1-3H3,(H,19,20). The van der Waals surface area contributed by atoms with Crippen molar-refractivity contribution in [3.05, 3.63) is 18.0 Å². The lowest BCUT2D eigenvalue weighted by Crippen LogP contribution is -2.49.